The van der Waals surface area contributed by atoms with Crippen LogP contribution in [0.25, 0.3) is 0 Å². The molecule has 0 bridgehead atoms. The van der Waals surface area contributed by atoms with Crippen LogP contribution in [-0.4, -0.2) is 40.8 Å². The lowest BCUT2D eigenvalue weighted by atomic mass is 9.57. The van der Waals surface area contributed by atoms with Gasteiger partial charge in [0.05, 0.1) is 0 Å². The standard InChI is InChI=1S/C29H54N2O2/c1-18-15-27(9,10)23-21(4)22(5)31(25(32)33-26(6,7)8)20(3)17-29(13,14)24(23)28(11,12)16-19(2)30-18/h18-22,30H,15-17H2,1-14H3/b24-23+. The molecule has 4 nitrogen and oxygen atoms in total. The van der Waals surface area contributed by atoms with Crippen LogP contribution in [0.1, 0.15) is 116 Å². The van der Waals surface area contributed by atoms with E-state index in [0.717, 1.165) is 19.3 Å². The Labute approximate surface area is 205 Å². The summed E-state index contributed by atoms with van der Waals surface area (Å²) in [6, 6.07) is 1.06. The van der Waals surface area contributed by atoms with Crippen LogP contribution in [0.5, 0.6) is 0 Å². The van der Waals surface area contributed by atoms with Crippen molar-refractivity contribution in [3.63, 3.8) is 0 Å². The Morgan fingerprint density at radius 3 is 1.79 bits per heavy atom. The highest BCUT2D eigenvalue weighted by molar-refractivity contribution is 5.69. The summed E-state index contributed by atoms with van der Waals surface area (Å²) in [5.74, 6) is 0.240. The number of nitrogens with zero attached hydrogens (tertiary/aromatic N) is 1. The van der Waals surface area contributed by atoms with Crippen LogP contribution in [0.4, 0.5) is 4.79 Å². The molecule has 33 heavy (non-hydrogen) atoms. The fourth-order valence-electron chi connectivity index (χ4n) is 7.66. The van der Waals surface area contributed by atoms with Gasteiger partial charge in [-0.3, -0.25) is 0 Å². The lowest BCUT2D eigenvalue weighted by Crippen LogP contribution is -2.54. The highest BCUT2D eigenvalue weighted by Crippen LogP contribution is 2.55. The zero-order valence-corrected chi connectivity index (χ0v) is 24.3. The number of ether oxygens (including phenoxy) is 1. The van der Waals surface area contributed by atoms with E-state index in [0.29, 0.717) is 12.1 Å². The molecule has 0 aromatic rings. The lowest BCUT2D eigenvalue weighted by molar-refractivity contribution is -0.00422. The second-order valence-corrected chi connectivity index (χ2v) is 14.3. The summed E-state index contributed by atoms with van der Waals surface area (Å²) < 4.78 is 5.92. The molecule has 0 aliphatic carbocycles. The number of amides is 1. The van der Waals surface area contributed by atoms with Crippen molar-refractivity contribution in [2.24, 2.45) is 22.2 Å². The van der Waals surface area contributed by atoms with Gasteiger partial charge in [-0.15, -0.1) is 0 Å². The number of carbonyl (C=O) groups is 1. The van der Waals surface area contributed by atoms with Gasteiger partial charge in [0, 0.05) is 24.2 Å². The van der Waals surface area contributed by atoms with Crippen molar-refractivity contribution in [1.29, 1.82) is 0 Å². The number of allylic oxidation sites excluding steroid dienone is 1. The predicted molar refractivity (Wildman–Crippen MR) is 140 cm³/mol. The summed E-state index contributed by atoms with van der Waals surface area (Å²) in [7, 11) is 0. The van der Waals surface area contributed by atoms with E-state index in [4.69, 9.17) is 4.74 Å². The zero-order chi connectivity index (χ0) is 25.7. The summed E-state index contributed by atoms with van der Waals surface area (Å²) in [6.07, 6.45) is 2.94. The van der Waals surface area contributed by atoms with Crippen LogP contribution in [0.3, 0.4) is 0 Å². The topological polar surface area (TPSA) is 41.6 Å². The second kappa shape index (κ2) is 9.21. The Bertz CT molecular complexity index is 756. The molecule has 5 unspecified atom stereocenters. The van der Waals surface area contributed by atoms with E-state index >= 15 is 0 Å². The molecule has 5 atom stereocenters. The summed E-state index contributed by atoms with van der Waals surface area (Å²) in [5, 5.41) is 3.88. The van der Waals surface area contributed by atoms with Crippen molar-refractivity contribution in [2.45, 2.75) is 146 Å². The second-order valence-electron chi connectivity index (χ2n) is 14.3. The lowest BCUT2D eigenvalue weighted by Gasteiger charge is -2.52. The first-order chi connectivity index (χ1) is 14.7. The highest BCUT2D eigenvalue weighted by atomic mass is 16.6. The minimum Gasteiger partial charge on any atom is -0.444 e. The molecule has 0 spiro atoms. The van der Waals surface area contributed by atoms with Gasteiger partial charge in [0.2, 0.25) is 0 Å². The highest BCUT2D eigenvalue weighted by Gasteiger charge is 2.49. The summed E-state index contributed by atoms with van der Waals surface area (Å²) in [4.78, 5) is 15.5. The molecule has 0 saturated heterocycles. The van der Waals surface area contributed by atoms with E-state index in [2.05, 4.69) is 81.5 Å². The average Bonchev–Trinajstić information content (AvgIpc) is 2.55. The molecule has 1 N–H and O–H groups in total. The Balaban J connectivity index is 2.78. The summed E-state index contributed by atoms with van der Waals surface area (Å²) >= 11 is 0. The number of hydrogen-bond acceptors (Lipinski definition) is 3. The molecular formula is C29H54N2O2. The van der Waals surface area contributed by atoms with Gasteiger partial charge in [-0.25, -0.2) is 4.79 Å². The van der Waals surface area contributed by atoms with Crippen molar-refractivity contribution >= 4 is 6.09 Å². The normalized spacial score (nSPS) is 37.0. The minimum absolute atomic E-state index is 0.0220. The third-order valence-electron chi connectivity index (χ3n) is 8.06. The largest absolute Gasteiger partial charge is 0.444 e. The zero-order valence-electron chi connectivity index (χ0n) is 24.3. The van der Waals surface area contributed by atoms with Crippen molar-refractivity contribution in [1.82, 2.24) is 10.2 Å². The van der Waals surface area contributed by atoms with E-state index in [1.807, 2.05) is 25.7 Å². The quantitative estimate of drug-likeness (QED) is 0.377. The number of rotatable bonds is 0. The van der Waals surface area contributed by atoms with Crippen LogP contribution in [0.15, 0.2) is 11.1 Å². The van der Waals surface area contributed by atoms with Crippen LogP contribution in [0.2, 0.25) is 0 Å². The predicted octanol–water partition coefficient (Wildman–Crippen LogP) is 7.58. The van der Waals surface area contributed by atoms with E-state index in [-0.39, 0.29) is 40.3 Å². The van der Waals surface area contributed by atoms with Gasteiger partial charge in [-0.05, 0) is 89.9 Å². The van der Waals surface area contributed by atoms with Crippen LogP contribution < -0.4 is 5.32 Å². The molecule has 2 rings (SSSR count). The first-order valence-electron chi connectivity index (χ1n) is 13.2. The first-order valence-corrected chi connectivity index (χ1v) is 13.2. The Hall–Kier alpha value is -1.03. The van der Waals surface area contributed by atoms with Gasteiger partial charge in [0.15, 0.2) is 0 Å². The molecule has 0 fully saturated rings. The summed E-state index contributed by atoms with van der Waals surface area (Å²) in [5.41, 5.74) is 2.74. The third-order valence-corrected chi connectivity index (χ3v) is 8.06. The molecule has 192 valence electrons. The Morgan fingerprint density at radius 2 is 1.30 bits per heavy atom. The fraction of sp³-hybridized carbons (Fsp3) is 0.897. The molecule has 2 aliphatic heterocycles. The molecule has 0 aromatic heterocycles. The average molecular weight is 463 g/mol. The van der Waals surface area contributed by atoms with Crippen molar-refractivity contribution in [3.05, 3.63) is 11.1 Å². The van der Waals surface area contributed by atoms with Gasteiger partial charge in [0.1, 0.15) is 5.60 Å². The van der Waals surface area contributed by atoms with E-state index < -0.39 is 5.60 Å². The molecule has 0 aromatic carbocycles. The van der Waals surface area contributed by atoms with Gasteiger partial charge in [-0.1, -0.05) is 59.6 Å². The van der Waals surface area contributed by atoms with Crippen LogP contribution in [-0.2, 0) is 4.74 Å². The van der Waals surface area contributed by atoms with E-state index in [9.17, 15) is 4.79 Å². The molecule has 4 heteroatoms. The Kier molecular flexibility index (Phi) is 7.87. The summed E-state index contributed by atoms with van der Waals surface area (Å²) in [6.45, 7) is 31.9. The smallest absolute Gasteiger partial charge is 0.410 e. The van der Waals surface area contributed by atoms with Gasteiger partial charge < -0.3 is 15.0 Å². The van der Waals surface area contributed by atoms with Crippen LogP contribution >= 0.6 is 0 Å². The van der Waals surface area contributed by atoms with E-state index in [1.165, 1.54) is 0 Å². The first kappa shape index (κ1) is 28.2. The van der Waals surface area contributed by atoms with Crippen molar-refractivity contribution in [3.8, 4) is 0 Å². The maximum absolute atomic E-state index is 13.5. The molecule has 2 heterocycles. The molecule has 1 amide bonds. The van der Waals surface area contributed by atoms with Gasteiger partial charge in [-0.2, -0.15) is 0 Å². The molecule has 0 saturated carbocycles. The minimum atomic E-state index is -0.501. The van der Waals surface area contributed by atoms with Crippen LogP contribution in [0, 0.1) is 22.2 Å². The molecule has 2 aliphatic rings. The SMILES string of the molecule is CC1CC(C)(C)/C2=C(\C(C)(C)CC(C)N1)C(C)(C)CC(C)N(C(=O)OC(C)(C)C)C(C)C2C. The molecular weight excluding hydrogens is 408 g/mol. The van der Waals surface area contributed by atoms with Crippen molar-refractivity contribution < 1.29 is 9.53 Å². The van der Waals surface area contributed by atoms with E-state index in [1.54, 1.807) is 11.1 Å². The number of carbonyl (C=O) groups excluding carboxylic acids is 1. The number of nitrogens with one attached hydrogen (secondary N) is 1. The number of hydrogen-bond donors (Lipinski definition) is 1. The molecule has 0 radical (unpaired) electrons. The maximum Gasteiger partial charge on any atom is 0.410 e. The maximum atomic E-state index is 13.5. The third kappa shape index (κ3) is 6.16. The van der Waals surface area contributed by atoms with Gasteiger partial charge >= 0.3 is 6.09 Å². The van der Waals surface area contributed by atoms with Gasteiger partial charge in [0.25, 0.3) is 0 Å². The Morgan fingerprint density at radius 1 is 0.848 bits per heavy atom. The monoisotopic (exact) mass is 462 g/mol. The fourth-order valence-corrected chi connectivity index (χ4v) is 7.66. The van der Waals surface area contributed by atoms with Crippen molar-refractivity contribution in [2.75, 3.05) is 0 Å².